The van der Waals surface area contributed by atoms with Crippen molar-refractivity contribution < 1.29 is 27.8 Å². The summed E-state index contributed by atoms with van der Waals surface area (Å²) in [6.45, 7) is 3.40. The molecule has 42 heavy (non-hydrogen) atoms. The number of benzene rings is 2. The van der Waals surface area contributed by atoms with Crippen LogP contribution in [0.1, 0.15) is 28.9 Å². The Labute approximate surface area is 244 Å². The van der Waals surface area contributed by atoms with E-state index in [1.54, 1.807) is 22.7 Å². The Kier molecular flexibility index (Phi) is 6.63. The molecule has 2 aromatic carbocycles. The SMILES string of the molecule is CCc1nn2cc(-c3cc4c(OCc5csc(-c6ccc(C(=O)N(C)C7COC7)cc6)n5)cc(OC)cc4o3)nc2o1. The molecule has 0 unspecified atom stereocenters. The predicted octanol–water partition coefficient (Wildman–Crippen LogP) is 5.48. The number of ether oxygens (including phenoxy) is 3. The average molecular weight is 586 g/mol. The average Bonchev–Trinajstić information content (AvgIpc) is 3.77. The molecule has 5 heterocycles. The summed E-state index contributed by atoms with van der Waals surface area (Å²) in [5.74, 6) is 2.79. The number of aryl methyl sites for hydroxylation is 1. The Morgan fingerprint density at radius 3 is 2.69 bits per heavy atom. The van der Waals surface area contributed by atoms with Crippen LogP contribution in [0.4, 0.5) is 0 Å². The molecule has 0 saturated carbocycles. The number of carbonyl (C=O) groups is 1. The van der Waals surface area contributed by atoms with Gasteiger partial charge in [0, 0.05) is 42.1 Å². The summed E-state index contributed by atoms with van der Waals surface area (Å²) >= 11 is 1.52. The van der Waals surface area contributed by atoms with Crippen LogP contribution < -0.4 is 9.47 Å². The third kappa shape index (κ3) is 4.78. The zero-order valence-electron chi connectivity index (χ0n) is 23.2. The molecule has 6 aromatic rings. The molecule has 214 valence electrons. The van der Waals surface area contributed by atoms with Gasteiger partial charge in [-0.3, -0.25) is 4.79 Å². The number of nitrogens with zero attached hydrogens (tertiary/aromatic N) is 5. The molecule has 12 heteroatoms. The fourth-order valence-electron chi connectivity index (χ4n) is 4.68. The maximum Gasteiger partial charge on any atom is 0.325 e. The fourth-order valence-corrected chi connectivity index (χ4v) is 5.49. The number of fused-ring (bicyclic) bond motifs is 2. The highest BCUT2D eigenvalue weighted by Gasteiger charge is 2.27. The predicted molar refractivity (Wildman–Crippen MR) is 155 cm³/mol. The summed E-state index contributed by atoms with van der Waals surface area (Å²) in [5, 5.41) is 7.96. The van der Waals surface area contributed by atoms with Crippen molar-refractivity contribution in [3.05, 3.63) is 71.2 Å². The number of hydrogen-bond acceptors (Lipinski definition) is 10. The minimum atomic E-state index is -0.0143. The lowest BCUT2D eigenvalue weighted by Crippen LogP contribution is -2.49. The molecule has 0 atom stereocenters. The number of amides is 1. The molecule has 0 bridgehead atoms. The van der Waals surface area contributed by atoms with Crippen LogP contribution >= 0.6 is 11.3 Å². The zero-order valence-corrected chi connectivity index (χ0v) is 24.0. The van der Waals surface area contributed by atoms with E-state index in [4.69, 9.17) is 28.0 Å². The van der Waals surface area contributed by atoms with Crippen molar-refractivity contribution in [1.29, 1.82) is 0 Å². The summed E-state index contributed by atoms with van der Waals surface area (Å²) in [7, 11) is 3.41. The summed E-state index contributed by atoms with van der Waals surface area (Å²) < 4.78 is 30.3. The number of furan rings is 1. The Hall–Kier alpha value is -4.68. The van der Waals surface area contributed by atoms with Crippen LogP contribution in [-0.4, -0.2) is 63.8 Å². The van der Waals surface area contributed by atoms with Gasteiger partial charge in [-0.25, -0.2) is 4.98 Å². The van der Waals surface area contributed by atoms with Crippen molar-refractivity contribution in [3.63, 3.8) is 0 Å². The van der Waals surface area contributed by atoms with Gasteiger partial charge in [0.1, 0.15) is 34.4 Å². The van der Waals surface area contributed by atoms with Gasteiger partial charge in [-0.05, 0) is 18.2 Å². The summed E-state index contributed by atoms with van der Waals surface area (Å²) in [6.07, 6.45) is 2.46. The highest BCUT2D eigenvalue weighted by Crippen LogP contribution is 2.37. The number of imidazole rings is 1. The first-order valence-electron chi connectivity index (χ1n) is 13.5. The van der Waals surface area contributed by atoms with E-state index in [1.165, 1.54) is 11.3 Å². The van der Waals surface area contributed by atoms with Crippen LogP contribution in [0.2, 0.25) is 0 Å². The second-order valence-electron chi connectivity index (χ2n) is 9.97. The van der Waals surface area contributed by atoms with Gasteiger partial charge in [0.15, 0.2) is 5.76 Å². The van der Waals surface area contributed by atoms with Gasteiger partial charge >= 0.3 is 5.84 Å². The van der Waals surface area contributed by atoms with Gasteiger partial charge < -0.3 is 27.9 Å². The topological polar surface area (TPSA) is 117 Å². The van der Waals surface area contributed by atoms with Crippen LogP contribution in [0.25, 0.3) is 38.8 Å². The van der Waals surface area contributed by atoms with Gasteiger partial charge in [-0.1, -0.05) is 19.1 Å². The van der Waals surface area contributed by atoms with Crippen molar-refractivity contribution in [2.75, 3.05) is 27.4 Å². The number of hydrogen-bond donors (Lipinski definition) is 0. The lowest BCUT2D eigenvalue weighted by Gasteiger charge is -2.34. The third-order valence-electron chi connectivity index (χ3n) is 7.24. The highest BCUT2D eigenvalue weighted by atomic mass is 32.1. The second-order valence-corrected chi connectivity index (χ2v) is 10.8. The van der Waals surface area contributed by atoms with E-state index in [-0.39, 0.29) is 18.6 Å². The van der Waals surface area contributed by atoms with Crippen molar-refractivity contribution in [2.45, 2.75) is 26.0 Å². The van der Waals surface area contributed by atoms with Gasteiger partial charge in [0.25, 0.3) is 5.91 Å². The van der Waals surface area contributed by atoms with Crippen molar-refractivity contribution >= 4 is 34.1 Å². The smallest absolute Gasteiger partial charge is 0.325 e. The van der Waals surface area contributed by atoms with Crippen molar-refractivity contribution in [2.24, 2.45) is 0 Å². The Morgan fingerprint density at radius 2 is 1.98 bits per heavy atom. The minimum absolute atomic E-state index is 0.0143. The van der Waals surface area contributed by atoms with Crippen molar-refractivity contribution in [1.82, 2.24) is 24.5 Å². The van der Waals surface area contributed by atoms with E-state index in [0.29, 0.717) is 65.5 Å². The third-order valence-corrected chi connectivity index (χ3v) is 8.18. The molecule has 0 N–H and O–H groups in total. The monoisotopic (exact) mass is 585 g/mol. The number of methoxy groups -OCH3 is 1. The highest BCUT2D eigenvalue weighted by molar-refractivity contribution is 7.13. The van der Waals surface area contributed by atoms with E-state index in [0.717, 1.165) is 21.7 Å². The number of aromatic nitrogens is 4. The number of thiazole rings is 1. The summed E-state index contributed by atoms with van der Waals surface area (Å²) in [4.78, 5) is 23.8. The van der Waals surface area contributed by atoms with Gasteiger partial charge in [-0.15, -0.1) is 16.4 Å². The molecule has 4 aromatic heterocycles. The maximum atomic E-state index is 12.7. The number of likely N-dealkylation sites (N-methyl/N-ethyl adjacent to an activating group) is 1. The molecule has 1 amide bonds. The second kappa shape index (κ2) is 10.6. The van der Waals surface area contributed by atoms with Gasteiger partial charge in [0.2, 0.25) is 5.89 Å². The first-order chi connectivity index (χ1) is 20.5. The van der Waals surface area contributed by atoms with Crippen LogP contribution in [0.5, 0.6) is 11.5 Å². The molecule has 1 aliphatic rings. The molecule has 0 aliphatic carbocycles. The van der Waals surface area contributed by atoms with E-state index in [2.05, 4.69) is 10.1 Å². The van der Waals surface area contributed by atoms with Crippen LogP contribution in [0, 0.1) is 0 Å². The van der Waals surface area contributed by atoms with E-state index < -0.39 is 0 Å². The van der Waals surface area contributed by atoms with Gasteiger partial charge in [0.05, 0.1) is 43.6 Å². The number of carbonyl (C=O) groups excluding carboxylic acids is 1. The molecular formula is C30H27N5O6S. The summed E-state index contributed by atoms with van der Waals surface area (Å²) in [5.41, 5.74) is 3.57. The minimum Gasteiger partial charge on any atom is -0.496 e. The molecule has 0 spiro atoms. The quantitative estimate of drug-likeness (QED) is 0.217. The Morgan fingerprint density at radius 1 is 1.14 bits per heavy atom. The lowest BCUT2D eigenvalue weighted by molar-refractivity contribution is -0.0467. The number of rotatable bonds is 9. The molecule has 0 radical (unpaired) electrons. The van der Waals surface area contributed by atoms with E-state index >= 15 is 0 Å². The Bertz CT molecular complexity index is 1870. The zero-order chi connectivity index (χ0) is 28.8. The fraction of sp³-hybridized carbons (Fsp3) is 0.267. The maximum absolute atomic E-state index is 12.7. The van der Waals surface area contributed by atoms with Crippen molar-refractivity contribution in [3.8, 4) is 33.5 Å². The van der Waals surface area contributed by atoms with Gasteiger partial charge in [-0.2, -0.15) is 9.50 Å². The molecule has 1 aliphatic heterocycles. The standard InChI is InChI=1S/C30H27N5O6S/c1-4-27-33-35-12-23(32-30(35)41-27)26-11-22-24(9-21(37-3)10-25(22)40-26)39-13-19-16-42-28(31-19)17-5-7-18(8-6-17)29(36)34(2)20-14-38-15-20/h5-12,16,20H,4,13-15H2,1-3H3. The Balaban J connectivity index is 1.08. The van der Waals surface area contributed by atoms with E-state index in [9.17, 15) is 4.79 Å². The first-order valence-corrected chi connectivity index (χ1v) is 14.4. The van der Waals surface area contributed by atoms with Crippen LogP contribution in [-0.2, 0) is 17.8 Å². The molecule has 1 saturated heterocycles. The van der Waals surface area contributed by atoms with Crippen LogP contribution in [0.15, 0.2) is 62.9 Å². The summed E-state index contributed by atoms with van der Waals surface area (Å²) in [6, 6.07) is 13.2. The largest absolute Gasteiger partial charge is 0.496 e. The normalized spacial score (nSPS) is 13.5. The molecular weight excluding hydrogens is 558 g/mol. The lowest BCUT2D eigenvalue weighted by atomic mass is 10.1. The molecule has 7 rings (SSSR count). The van der Waals surface area contributed by atoms with Crippen LogP contribution in [0.3, 0.4) is 0 Å². The first kappa shape index (κ1) is 26.2. The molecule has 11 nitrogen and oxygen atoms in total. The molecule has 1 fully saturated rings. The van der Waals surface area contributed by atoms with E-state index in [1.807, 2.05) is 61.8 Å².